The van der Waals surface area contributed by atoms with Gasteiger partial charge < -0.3 is 10.6 Å². The molecule has 6 nitrogen and oxygen atoms in total. The van der Waals surface area contributed by atoms with Crippen LogP contribution in [0.3, 0.4) is 0 Å². The third-order valence-corrected chi connectivity index (χ3v) is 5.18. The first-order valence-corrected chi connectivity index (χ1v) is 10.6. The van der Waals surface area contributed by atoms with Crippen LogP contribution in [0, 0.1) is 6.92 Å². The minimum absolute atomic E-state index is 0.177. The van der Waals surface area contributed by atoms with Gasteiger partial charge in [-0.3, -0.25) is 4.99 Å². The molecule has 1 atom stereocenters. The van der Waals surface area contributed by atoms with Gasteiger partial charge in [-0.05, 0) is 56.6 Å². The summed E-state index contributed by atoms with van der Waals surface area (Å²) in [5, 5.41) is 11.4. The van der Waals surface area contributed by atoms with Crippen molar-refractivity contribution in [2.45, 2.75) is 71.9 Å². The molecular formula is C22H34N6. The fourth-order valence-corrected chi connectivity index (χ4v) is 3.63. The largest absolute Gasteiger partial charge is 0.357 e. The molecule has 2 N–H and O–H groups in total. The van der Waals surface area contributed by atoms with E-state index in [1.807, 2.05) is 11.6 Å². The van der Waals surface area contributed by atoms with Crippen molar-refractivity contribution in [2.24, 2.45) is 4.99 Å². The van der Waals surface area contributed by atoms with Crippen LogP contribution >= 0.6 is 0 Å². The van der Waals surface area contributed by atoms with E-state index in [0.29, 0.717) is 5.92 Å². The number of nitrogens with zero attached hydrogens (tertiary/aromatic N) is 4. The monoisotopic (exact) mass is 382 g/mol. The molecular weight excluding hydrogens is 348 g/mol. The second-order valence-corrected chi connectivity index (χ2v) is 7.84. The molecule has 1 unspecified atom stereocenters. The molecule has 0 radical (unpaired) electrons. The first kappa shape index (κ1) is 20.4. The van der Waals surface area contributed by atoms with Gasteiger partial charge in [0.1, 0.15) is 11.6 Å². The highest BCUT2D eigenvalue weighted by Gasteiger charge is 2.24. The molecule has 1 aliphatic rings. The zero-order valence-corrected chi connectivity index (χ0v) is 17.7. The second kappa shape index (κ2) is 9.71. The number of aliphatic imine (C=N–C) groups is 1. The minimum atomic E-state index is 0.177. The summed E-state index contributed by atoms with van der Waals surface area (Å²) in [5.41, 5.74) is 2.78. The molecule has 0 aliphatic carbocycles. The number of benzene rings is 1. The molecule has 0 amide bonds. The molecule has 0 saturated heterocycles. The van der Waals surface area contributed by atoms with Gasteiger partial charge in [-0.15, -0.1) is 0 Å². The lowest BCUT2D eigenvalue weighted by molar-refractivity contribution is 0.397. The van der Waals surface area contributed by atoms with Crippen LogP contribution in [0.25, 0.3) is 0 Å². The number of aromatic nitrogens is 3. The van der Waals surface area contributed by atoms with E-state index < -0.39 is 0 Å². The molecule has 0 bridgehead atoms. The van der Waals surface area contributed by atoms with Crippen molar-refractivity contribution in [3.05, 3.63) is 47.0 Å². The first-order chi connectivity index (χ1) is 13.6. The number of guanidine groups is 1. The van der Waals surface area contributed by atoms with Crippen LogP contribution in [0.1, 0.15) is 74.8 Å². The lowest BCUT2D eigenvalue weighted by atomic mass is 10.0. The van der Waals surface area contributed by atoms with Crippen molar-refractivity contribution in [3.63, 3.8) is 0 Å². The number of aryl methyl sites for hydroxylation is 3. The summed E-state index contributed by atoms with van der Waals surface area (Å²) >= 11 is 0. The van der Waals surface area contributed by atoms with Crippen molar-refractivity contribution in [1.82, 2.24) is 25.4 Å². The Labute approximate surface area is 168 Å². The molecule has 2 heterocycles. The maximum absolute atomic E-state index is 4.79. The molecule has 1 aromatic heterocycles. The highest BCUT2D eigenvalue weighted by Crippen LogP contribution is 2.22. The van der Waals surface area contributed by atoms with E-state index in [1.165, 1.54) is 11.1 Å². The number of hydrogen-bond acceptors (Lipinski definition) is 3. The molecule has 3 rings (SSSR count). The van der Waals surface area contributed by atoms with Crippen LogP contribution in [0.4, 0.5) is 0 Å². The average molecular weight is 383 g/mol. The van der Waals surface area contributed by atoms with Crippen molar-refractivity contribution >= 4 is 5.96 Å². The Morgan fingerprint density at radius 3 is 2.79 bits per heavy atom. The van der Waals surface area contributed by atoms with Gasteiger partial charge in [0, 0.05) is 19.6 Å². The van der Waals surface area contributed by atoms with Crippen molar-refractivity contribution in [3.8, 4) is 0 Å². The fourth-order valence-electron chi connectivity index (χ4n) is 3.63. The molecule has 1 aromatic carbocycles. The van der Waals surface area contributed by atoms with Crippen LogP contribution in [0.5, 0.6) is 0 Å². The number of hydrogen-bond donors (Lipinski definition) is 2. The average Bonchev–Trinajstić information content (AvgIpc) is 3.07. The number of rotatable bonds is 7. The quantitative estimate of drug-likeness (QED) is 0.435. The standard InChI is InChI=1S/C22H34N6/c1-5-23-22(26-20-9-7-15-28-21(20)25-17(4)27-28)24-14-6-8-18-10-12-19(13-11-18)16(2)3/h10-13,16,20H,5-9,14-15H2,1-4H3,(H2,23,24,26). The predicted octanol–water partition coefficient (Wildman–Crippen LogP) is 3.73. The van der Waals surface area contributed by atoms with E-state index in [2.05, 4.69) is 65.8 Å². The van der Waals surface area contributed by atoms with E-state index in [9.17, 15) is 0 Å². The van der Waals surface area contributed by atoms with Crippen LogP contribution in [-0.2, 0) is 13.0 Å². The Morgan fingerprint density at radius 1 is 1.29 bits per heavy atom. The van der Waals surface area contributed by atoms with Gasteiger partial charge in [0.05, 0.1) is 6.04 Å². The van der Waals surface area contributed by atoms with E-state index in [0.717, 1.165) is 62.9 Å². The van der Waals surface area contributed by atoms with Gasteiger partial charge in [0.25, 0.3) is 0 Å². The smallest absolute Gasteiger partial charge is 0.191 e. The van der Waals surface area contributed by atoms with Crippen LogP contribution in [0.15, 0.2) is 29.3 Å². The van der Waals surface area contributed by atoms with Gasteiger partial charge >= 0.3 is 0 Å². The first-order valence-electron chi connectivity index (χ1n) is 10.6. The Hall–Kier alpha value is -2.37. The Bertz CT molecular complexity index is 775. The molecule has 28 heavy (non-hydrogen) atoms. The van der Waals surface area contributed by atoms with E-state index in [4.69, 9.17) is 4.99 Å². The van der Waals surface area contributed by atoms with E-state index in [-0.39, 0.29) is 6.04 Å². The zero-order chi connectivity index (χ0) is 19.9. The zero-order valence-electron chi connectivity index (χ0n) is 17.7. The van der Waals surface area contributed by atoms with Crippen LogP contribution < -0.4 is 10.6 Å². The van der Waals surface area contributed by atoms with E-state index in [1.54, 1.807) is 0 Å². The number of nitrogens with one attached hydrogen (secondary N) is 2. The summed E-state index contributed by atoms with van der Waals surface area (Å²) in [4.78, 5) is 9.39. The minimum Gasteiger partial charge on any atom is -0.357 e. The molecule has 152 valence electrons. The van der Waals surface area contributed by atoms with Crippen LogP contribution in [0.2, 0.25) is 0 Å². The fraction of sp³-hybridized carbons (Fsp3) is 0.591. The molecule has 6 heteroatoms. The van der Waals surface area contributed by atoms with Gasteiger partial charge in [-0.1, -0.05) is 38.1 Å². The summed E-state index contributed by atoms with van der Waals surface area (Å²) in [6, 6.07) is 9.17. The summed E-state index contributed by atoms with van der Waals surface area (Å²) in [7, 11) is 0. The van der Waals surface area contributed by atoms with Gasteiger partial charge in [0.2, 0.25) is 0 Å². The normalized spacial score (nSPS) is 16.9. The lowest BCUT2D eigenvalue weighted by Crippen LogP contribution is -2.41. The van der Waals surface area contributed by atoms with Gasteiger partial charge in [-0.25, -0.2) is 9.67 Å². The Kier molecular flexibility index (Phi) is 7.06. The molecule has 0 saturated carbocycles. The third kappa shape index (κ3) is 5.33. The molecule has 0 fully saturated rings. The summed E-state index contributed by atoms with van der Waals surface area (Å²) in [5.74, 6) is 3.33. The Balaban J connectivity index is 1.54. The van der Waals surface area contributed by atoms with Crippen molar-refractivity contribution < 1.29 is 0 Å². The summed E-state index contributed by atoms with van der Waals surface area (Å²) in [6.45, 7) is 11.1. The maximum atomic E-state index is 4.79. The predicted molar refractivity (Wildman–Crippen MR) is 115 cm³/mol. The third-order valence-electron chi connectivity index (χ3n) is 5.18. The van der Waals surface area contributed by atoms with Gasteiger partial charge in [0.15, 0.2) is 5.96 Å². The van der Waals surface area contributed by atoms with Crippen molar-refractivity contribution in [2.75, 3.05) is 13.1 Å². The number of fused-ring (bicyclic) bond motifs is 1. The highest BCUT2D eigenvalue weighted by atomic mass is 15.4. The lowest BCUT2D eigenvalue weighted by Gasteiger charge is -2.25. The van der Waals surface area contributed by atoms with Crippen molar-refractivity contribution in [1.29, 1.82) is 0 Å². The Morgan fingerprint density at radius 2 is 2.07 bits per heavy atom. The summed E-state index contributed by atoms with van der Waals surface area (Å²) < 4.78 is 2.03. The van der Waals surface area contributed by atoms with Gasteiger partial charge in [-0.2, -0.15) is 5.10 Å². The van der Waals surface area contributed by atoms with E-state index >= 15 is 0 Å². The molecule has 2 aromatic rings. The SMILES string of the molecule is CCNC(=NCCCc1ccc(C(C)C)cc1)NC1CCCn2nc(C)nc21. The maximum Gasteiger partial charge on any atom is 0.191 e. The molecule has 1 aliphatic heterocycles. The topological polar surface area (TPSA) is 67.1 Å². The van der Waals surface area contributed by atoms with Crippen LogP contribution in [-0.4, -0.2) is 33.8 Å². The highest BCUT2D eigenvalue weighted by molar-refractivity contribution is 5.80. The molecule has 0 spiro atoms. The second-order valence-electron chi connectivity index (χ2n) is 7.84. The summed E-state index contributed by atoms with van der Waals surface area (Å²) in [6.07, 6.45) is 4.26.